The number of hydrogen-bond donors (Lipinski definition) is 3. The van der Waals surface area contributed by atoms with Gasteiger partial charge in [0.25, 0.3) is 5.91 Å². The fourth-order valence-corrected chi connectivity index (χ4v) is 2.46. The van der Waals surface area contributed by atoms with E-state index in [2.05, 4.69) is 5.32 Å². The van der Waals surface area contributed by atoms with E-state index in [-0.39, 0.29) is 5.92 Å². The van der Waals surface area contributed by atoms with Crippen LogP contribution in [0, 0.1) is 5.92 Å². The molecule has 6 heteroatoms. The highest BCUT2D eigenvalue weighted by Gasteiger charge is 2.19. The van der Waals surface area contributed by atoms with Gasteiger partial charge < -0.3 is 15.5 Å². The van der Waals surface area contributed by atoms with Crippen LogP contribution in [0.15, 0.2) is 18.2 Å². The van der Waals surface area contributed by atoms with Crippen molar-refractivity contribution in [1.82, 2.24) is 5.32 Å². The number of aliphatic hydroxyl groups is 2. The first-order valence-electron chi connectivity index (χ1n) is 6.39. The van der Waals surface area contributed by atoms with Gasteiger partial charge in [-0.2, -0.15) is 0 Å². The highest BCUT2D eigenvalue weighted by atomic mass is 35.5. The number of aliphatic hydroxyl groups excluding tert-OH is 2. The predicted molar refractivity (Wildman–Crippen MR) is 79.9 cm³/mol. The minimum atomic E-state index is -1.31. The van der Waals surface area contributed by atoms with Crippen LogP contribution in [0.1, 0.15) is 31.9 Å². The van der Waals surface area contributed by atoms with Crippen LogP contribution in [0.2, 0.25) is 10.0 Å². The molecule has 4 nitrogen and oxygen atoms in total. The first-order valence-corrected chi connectivity index (χ1v) is 7.15. The van der Waals surface area contributed by atoms with Crippen molar-refractivity contribution in [3.63, 3.8) is 0 Å². The number of halogens is 2. The number of amides is 1. The summed E-state index contributed by atoms with van der Waals surface area (Å²) in [7, 11) is 0. The van der Waals surface area contributed by atoms with Gasteiger partial charge in [0.15, 0.2) is 6.10 Å². The van der Waals surface area contributed by atoms with Gasteiger partial charge >= 0.3 is 0 Å². The summed E-state index contributed by atoms with van der Waals surface area (Å²) in [6.07, 6.45) is -1.15. The van der Waals surface area contributed by atoms with E-state index < -0.39 is 18.1 Å². The molecule has 0 aromatic heterocycles. The highest BCUT2D eigenvalue weighted by molar-refractivity contribution is 6.34. The summed E-state index contributed by atoms with van der Waals surface area (Å²) >= 11 is 11.7. The molecule has 0 fully saturated rings. The maximum Gasteiger partial charge on any atom is 0.253 e. The number of benzene rings is 1. The van der Waals surface area contributed by atoms with Crippen molar-refractivity contribution < 1.29 is 15.0 Å². The molecule has 1 aromatic rings. The Labute approximate surface area is 128 Å². The van der Waals surface area contributed by atoms with Gasteiger partial charge in [-0.05, 0) is 43.0 Å². The van der Waals surface area contributed by atoms with Crippen LogP contribution in [0.5, 0.6) is 0 Å². The Balaban J connectivity index is 2.58. The Bertz CT molecular complexity index is 445. The molecule has 3 atom stereocenters. The van der Waals surface area contributed by atoms with Crippen LogP contribution in [0.4, 0.5) is 0 Å². The van der Waals surface area contributed by atoms with E-state index in [1.54, 1.807) is 6.92 Å². The molecule has 0 saturated heterocycles. The molecular weight excluding hydrogens is 301 g/mol. The van der Waals surface area contributed by atoms with E-state index in [4.69, 9.17) is 23.2 Å². The second kappa shape index (κ2) is 7.84. The van der Waals surface area contributed by atoms with Gasteiger partial charge in [-0.25, -0.2) is 0 Å². The molecule has 1 amide bonds. The molecule has 0 aliphatic carbocycles. The Kier molecular flexibility index (Phi) is 6.76. The van der Waals surface area contributed by atoms with E-state index in [1.165, 1.54) is 18.2 Å². The lowest BCUT2D eigenvalue weighted by molar-refractivity contribution is -0.129. The second-order valence-electron chi connectivity index (χ2n) is 5.04. The minimum Gasteiger partial charge on any atom is -0.393 e. The molecule has 3 unspecified atom stereocenters. The zero-order valence-electron chi connectivity index (χ0n) is 11.4. The van der Waals surface area contributed by atoms with Crippen LogP contribution < -0.4 is 5.32 Å². The Hall–Kier alpha value is -0.810. The van der Waals surface area contributed by atoms with Gasteiger partial charge in [0.1, 0.15) is 0 Å². The standard InChI is InChI=1S/C14H19Cl2NO3/c1-8(3-9(2)18)7-17-14(20)13(19)10-4-11(15)6-12(16)5-10/h4-6,8-9,13,18-19H,3,7H2,1-2H3,(H,17,20). The monoisotopic (exact) mass is 319 g/mol. The van der Waals surface area contributed by atoms with Crippen molar-refractivity contribution in [2.24, 2.45) is 5.92 Å². The topological polar surface area (TPSA) is 69.6 Å². The number of nitrogens with one attached hydrogen (secondary N) is 1. The van der Waals surface area contributed by atoms with E-state index in [1.807, 2.05) is 6.92 Å². The zero-order chi connectivity index (χ0) is 15.3. The Morgan fingerprint density at radius 1 is 1.20 bits per heavy atom. The molecule has 0 heterocycles. The first kappa shape index (κ1) is 17.2. The van der Waals surface area contributed by atoms with E-state index in [0.717, 1.165) is 0 Å². The van der Waals surface area contributed by atoms with Crippen molar-refractivity contribution in [1.29, 1.82) is 0 Å². The summed E-state index contributed by atoms with van der Waals surface area (Å²) in [5, 5.41) is 22.6. The molecule has 20 heavy (non-hydrogen) atoms. The highest BCUT2D eigenvalue weighted by Crippen LogP contribution is 2.23. The van der Waals surface area contributed by atoms with Crippen LogP contribution in [0.25, 0.3) is 0 Å². The van der Waals surface area contributed by atoms with Crippen LogP contribution in [0.3, 0.4) is 0 Å². The normalized spacial score (nSPS) is 15.5. The minimum absolute atomic E-state index is 0.120. The number of rotatable bonds is 6. The van der Waals surface area contributed by atoms with Crippen molar-refractivity contribution >= 4 is 29.1 Å². The summed E-state index contributed by atoms with van der Waals surface area (Å²) in [5.41, 5.74) is 0.350. The van der Waals surface area contributed by atoms with Crippen molar-refractivity contribution in [3.8, 4) is 0 Å². The fourth-order valence-electron chi connectivity index (χ4n) is 1.92. The Morgan fingerprint density at radius 3 is 2.25 bits per heavy atom. The molecule has 1 aromatic carbocycles. The smallest absolute Gasteiger partial charge is 0.253 e. The average Bonchev–Trinajstić information content (AvgIpc) is 2.33. The lowest BCUT2D eigenvalue weighted by atomic mass is 10.0. The summed E-state index contributed by atoms with van der Waals surface area (Å²) in [4.78, 5) is 11.8. The molecule has 0 bridgehead atoms. The van der Waals surface area contributed by atoms with Crippen LogP contribution >= 0.6 is 23.2 Å². The molecule has 0 saturated carbocycles. The third-order valence-electron chi connectivity index (χ3n) is 2.82. The molecule has 0 radical (unpaired) electrons. The third kappa shape index (κ3) is 5.67. The molecule has 0 spiro atoms. The predicted octanol–water partition coefficient (Wildman–Crippen LogP) is 2.55. The Morgan fingerprint density at radius 2 is 1.75 bits per heavy atom. The molecule has 3 N–H and O–H groups in total. The second-order valence-corrected chi connectivity index (χ2v) is 5.91. The maximum atomic E-state index is 11.8. The SMILES string of the molecule is CC(O)CC(C)CNC(=O)C(O)c1cc(Cl)cc(Cl)c1. The molecular formula is C14H19Cl2NO3. The maximum absolute atomic E-state index is 11.8. The number of carbonyl (C=O) groups excluding carboxylic acids is 1. The fraction of sp³-hybridized carbons (Fsp3) is 0.500. The van der Waals surface area contributed by atoms with Crippen LogP contribution in [-0.2, 0) is 4.79 Å². The lowest BCUT2D eigenvalue weighted by Gasteiger charge is -2.16. The van der Waals surface area contributed by atoms with Gasteiger partial charge in [-0.15, -0.1) is 0 Å². The summed E-state index contributed by atoms with van der Waals surface area (Å²) in [5.74, 6) is -0.394. The van der Waals surface area contributed by atoms with E-state index in [0.29, 0.717) is 28.6 Å². The van der Waals surface area contributed by atoms with Crippen molar-refractivity contribution in [2.45, 2.75) is 32.5 Å². The van der Waals surface area contributed by atoms with Gasteiger partial charge in [0.2, 0.25) is 0 Å². The van der Waals surface area contributed by atoms with Crippen LogP contribution in [-0.4, -0.2) is 28.8 Å². The molecule has 112 valence electrons. The van der Waals surface area contributed by atoms with Gasteiger partial charge in [-0.3, -0.25) is 4.79 Å². The number of hydrogen-bond acceptors (Lipinski definition) is 3. The third-order valence-corrected chi connectivity index (χ3v) is 3.25. The zero-order valence-corrected chi connectivity index (χ0v) is 12.9. The first-order chi connectivity index (χ1) is 9.29. The van der Waals surface area contributed by atoms with Gasteiger partial charge in [0.05, 0.1) is 6.10 Å². The molecule has 1 rings (SSSR count). The van der Waals surface area contributed by atoms with E-state index >= 15 is 0 Å². The molecule has 0 aliphatic heterocycles. The van der Waals surface area contributed by atoms with E-state index in [9.17, 15) is 15.0 Å². The lowest BCUT2D eigenvalue weighted by Crippen LogP contribution is -2.33. The molecule has 0 aliphatic rings. The van der Waals surface area contributed by atoms with Gasteiger partial charge in [-0.1, -0.05) is 30.1 Å². The average molecular weight is 320 g/mol. The van der Waals surface area contributed by atoms with Crippen molar-refractivity contribution in [3.05, 3.63) is 33.8 Å². The summed E-state index contributed by atoms with van der Waals surface area (Å²) in [6, 6.07) is 4.52. The summed E-state index contributed by atoms with van der Waals surface area (Å²) in [6.45, 7) is 3.99. The largest absolute Gasteiger partial charge is 0.393 e. The number of carbonyl (C=O) groups is 1. The quantitative estimate of drug-likeness (QED) is 0.754. The summed E-state index contributed by atoms with van der Waals surface area (Å²) < 4.78 is 0. The van der Waals surface area contributed by atoms with Crippen molar-refractivity contribution in [2.75, 3.05) is 6.54 Å². The van der Waals surface area contributed by atoms with Gasteiger partial charge in [0, 0.05) is 16.6 Å².